The van der Waals surface area contributed by atoms with Crippen molar-refractivity contribution in [2.75, 3.05) is 33.8 Å². The van der Waals surface area contributed by atoms with Crippen LogP contribution in [0.2, 0.25) is 0 Å². The maximum atomic E-state index is 13.3. The molecular formula is C32H40N2O5. The number of nitrogens with zero attached hydrogens (tertiary/aromatic N) is 2. The van der Waals surface area contributed by atoms with Crippen LogP contribution in [-0.4, -0.2) is 72.2 Å². The molecule has 2 aromatic carbocycles. The zero-order valence-corrected chi connectivity index (χ0v) is 23.3. The molecule has 3 aliphatic rings. The number of likely N-dealkylation sites (tertiary alicyclic amines) is 1. The first-order valence-electron chi connectivity index (χ1n) is 14.0. The number of phenolic OH excluding ortho intramolecular Hbond substituents is 1. The van der Waals surface area contributed by atoms with Crippen LogP contribution in [0.1, 0.15) is 56.6 Å². The van der Waals surface area contributed by atoms with Crippen molar-refractivity contribution in [3.63, 3.8) is 0 Å². The molecule has 0 bridgehead atoms. The molecule has 2 aromatic rings. The van der Waals surface area contributed by atoms with Crippen molar-refractivity contribution in [1.29, 1.82) is 0 Å². The van der Waals surface area contributed by atoms with E-state index in [1.807, 2.05) is 43.3 Å². The molecule has 0 radical (unpaired) electrons. The molecule has 3 fully saturated rings. The normalized spacial score (nSPS) is 27.2. The summed E-state index contributed by atoms with van der Waals surface area (Å²) in [7, 11) is 3.71. The van der Waals surface area contributed by atoms with Crippen LogP contribution in [0, 0.1) is 5.92 Å². The van der Waals surface area contributed by atoms with Gasteiger partial charge in [0.05, 0.1) is 5.60 Å². The SMILES string of the molecule is CO[C@]12CC[C@H](N(C)C(=O)C=Cc3cccc(O)c3)C[C@]1(c1cccc(OC(C)=O)c1)CCN(CC1CC1)C2. The molecule has 1 amide bonds. The van der Waals surface area contributed by atoms with Gasteiger partial charge in [-0.2, -0.15) is 0 Å². The Morgan fingerprint density at radius 2 is 1.92 bits per heavy atom. The Hall–Kier alpha value is -3.16. The molecule has 2 aliphatic carbocycles. The second kappa shape index (κ2) is 11.1. The van der Waals surface area contributed by atoms with E-state index in [0.717, 1.165) is 62.4 Å². The van der Waals surface area contributed by atoms with Crippen LogP contribution in [0.5, 0.6) is 11.5 Å². The van der Waals surface area contributed by atoms with Gasteiger partial charge in [0.1, 0.15) is 11.5 Å². The Morgan fingerprint density at radius 3 is 2.64 bits per heavy atom. The summed E-state index contributed by atoms with van der Waals surface area (Å²) in [5, 5.41) is 9.75. The molecule has 1 N–H and O–H groups in total. The lowest BCUT2D eigenvalue weighted by molar-refractivity contribution is -0.159. The number of amides is 1. The van der Waals surface area contributed by atoms with E-state index >= 15 is 0 Å². The minimum Gasteiger partial charge on any atom is -0.508 e. The summed E-state index contributed by atoms with van der Waals surface area (Å²) in [4.78, 5) is 29.4. The van der Waals surface area contributed by atoms with E-state index in [0.29, 0.717) is 5.75 Å². The predicted molar refractivity (Wildman–Crippen MR) is 150 cm³/mol. The molecule has 7 nitrogen and oxygen atoms in total. The zero-order valence-electron chi connectivity index (χ0n) is 23.3. The Balaban J connectivity index is 1.44. The third-order valence-corrected chi connectivity index (χ3v) is 9.11. The number of likely N-dealkylation sites (N-methyl/N-ethyl adjacent to an activating group) is 1. The maximum absolute atomic E-state index is 13.3. The first-order chi connectivity index (χ1) is 18.7. The molecule has 0 aromatic heterocycles. The number of carbonyl (C=O) groups excluding carboxylic acids is 2. The average Bonchev–Trinajstić information content (AvgIpc) is 3.74. The predicted octanol–water partition coefficient (Wildman–Crippen LogP) is 4.78. The van der Waals surface area contributed by atoms with E-state index in [9.17, 15) is 14.7 Å². The lowest BCUT2D eigenvalue weighted by Crippen LogP contribution is -2.68. The Bertz CT molecular complexity index is 1240. The van der Waals surface area contributed by atoms with Crippen molar-refractivity contribution in [3.05, 3.63) is 65.7 Å². The highest BCUT2D eigenvalue weighted by Crippen LogP contribution is 2.54. The number of rotatable bonds is 8. The summed E-state index contributed by atoms with van der Waals surface area (Å²) in [5.41, 5.74) is 1.16. The molecule has 3 atom stereocenters. The van der Waals surface area contributed by atoms with Crippen LogP contribution in [0.25, 0.3) is 6.08 Å². The highest BCUT2D eigenvalue weighted by Gasteiger charge is 2.59. The summed E-state index contributed by atoms with van der Waals surface area (Å²) in [6, 6.07) is 14.8. The monoisotopic (exact) mass is 532 g/mol. The van der Waals surface area contributed by atoms with Gasteiger partial charge < -0.3 is 24.4 Å². The third-order valence-electron chi connectivity index (χ3n) is 9.11. The summed E-state index contributed by atoms with van der Waals surface area (Å²) >= 11 is 0. The fourth-order valence-electron chi connectivity index (χ4n) is 6.83. The smallest absolute Gasteiger partial charge is 0.308 e. The first kappa shape index (κ1) is 27.4. The number of fused-ring (bicyclic) bond motifs is 1. The number of phenols is 1. The molecule has 1 heterocycles. The van der Waals surface area contributed by atoms with Gasteiger partial charge in [0.15, 0.2) is 0 Å². The fourth-order valence-corrected chi connectivity index (χ4v) is 6.83. The third kappa shape index (κ3) is 5.75. The van der Waals surface area contributed by atoms with E-state index in [2.05, 4.69) is 11.0 Å². The quantitative estimate of drug-likeness (QED) is 0.300. The number of hydrogen-bond donors (Lipinski definition) is 1. The summed E-state index contributed by atoms with van der Waals surface area (Å²) < 4.78 is 12.0. The number of esters is 1. The largest absolute Gasteiger partial charge is 0.508 e. The molecule has 208 valence electrons. The van der Waals surface area contributed by atoms with Crippen molar-refractivity contribution in [2.24, 2.45) is 5.92 Å². The molecular weight excluding hydrogens is 492 g/mol. The van der Waals surface area contributed by atoms with Gasteiger partial charge in [-0.1, -0.05) is 24.3 Å². The highest BCUT2D eigenvalue weighted by atomic mass is 16.5. The van der Waals surface area contributed by atoms with Crippen LogP contribution in [-0.2, 0) is 19.7 Å². The minimum atomic E-state index is -0.396. The van der Waals surface area contributed by atoms with Crippen molar-refractivity contribution in [3.8, 4) is 11.5 Å². The number of carbonyl (C=O) groups is 2. The van der Waals surface area contributed by atoms with Crippen molar-refractivity contribution in [2.45, 2.75) is 62.5 Å². The molecule has 5 rings (SSSR count). The van der Waals surface area contributed by atoms with Gasteiger partial charge in [-0.25, -0.2) is 0 Å². The molecule has 7 heteroatoms. The van der Waals surface area contributed by atoms with Crippen LogP contribution in [0.4, 0.5) is 0 Å². The summed E-state index contributed by atoms with van der Waals surface area (Å²) in [6.45, 7) is 4.37. The van der Waals surface area contributed by atoms with Gasteiger partial charge in [0.2, 0.25) is 5.91 Å². The van der Waals surface area contributed by atoms with E-state index in [4.69, 9.17) is 9.47 Å². The van der Waals surface area contributed by atoms with Crippen molar-refractivity contribution in [1.82, 2.24) is 9.80 Å². The van der Waals surface area contributed by atoms with Crippen molar-refractivity contribution < 1.29 is 24.2 Å². The second-order valence-electron chi connectivity index (χ2n) is 11.6. The minimum absolute atomic E-state index is 0.0296. The van der Waals surface area contributed by atoms with Gasteiger partial charge >= 0.3 is 5.97 Å². The number of methoxy groups -OCH3 is 1. The number of hydrogen-bond acceptors (Lipinski definition) is 6. The summed E-state index contributed by atoms with van der Waals surface area (Å²) in [6.07, 6.45) is 9.32. The lowest BCUT2D eigenvalue weighted by Gasteiger charge is -2.60. The molecule has 0 unspecified atom stereocenters. The van der Waals surface area contributed by atoms with Gasteiger partial charge in [-0.3, -0.25) is 9.59 Å². The van der Waals surface area contributed by atoms with Gasteiger partial charge in [-0.15, -0.1) is 0 Å². The second-order valence-corrected chi connectivity index (χ2v) is 11.6. The fraction of sp³-hybridized carbons (Fsp3) is 0.500. The molecule has 2 saturated carbocycles. The maximum Gasteiger partial charge on any atom is 0.308 e. The van der Waals surface area contributed by atoms with E-state index in [-0.39, 0.29) is 29.1 Å². The van der Waals surface area contributed by atoms with E-state index < -0.39 is 5.60 Å². The number of piperidine rings is 1. The highest BCUT2D eigenvalue weighted by molar-refractivity contribution is 5.91. The summed E-state index contributed by atoms with van der Waals surface area (Å²) in [5.74, 6) is 1.11. The van der Waals surface area contributed by atoms with Gasteiger partial charge in [-0.05, 0) is 92.5 Å². The lowest BCUT2D eigenvalue weighted by atomic mass is 9.55. The molecule has 0 spiro atoms. The zero-order chi connectivity index (χ0) is 27.6. The topological polar surface area (TPSA) is 79.3 Å². The molecule has 39 heavy (non-hydrogen) atoms. The van der Waals surface area contributed by atoms with Crippen LogP contribution in [0.3, 0.4) is 0 Å². The first-order valence-corrected chi connectivity index (χ1v) is 14.0. The molecule has 1 aliphatic heterocycles. The Morgan fingerprint density at radius 1 is 1.13 bits per heavy atom. The number of benzene rings is 2. The van der Waals surface area contributed by atoms with Crippen LogP contribution < -0.4 is 4.74 Å². The number of aromatic hydroxyl groups is 1. The van der Waals surface area contributed by atoms with Crippen molar-refractivity contribution >= 4 is 18.0 Å². The standard InChI is InChI=1S/C32H40N2O5/c1-23(35)39-29-9-5-7-26(19-29)31-16-17-34(21-25-10-11-25)22-32(31,38-3)15-14-27(20-31)33(2)30(37)13-12-24-6-4-8-28(36)18-24/h4-9,12-13,18-19,25,27,36H,10-11,14-17,20-22H2,1-3H3/t27-,31-,32-/m0/s1. The van der Waals surface area contributed by atoms with Crippen LogP contribution in [0.15, 0.2) is 54.6 Å². The Labute approximate surface area is 231 Å². The van der Waals surface area contributed by atoms with Crippen LogP contribution >= 0.6 is 0 Å². The number of ether oxygens (including phenoxy) is 2. The Kier molecular flexibility index (Phi) is 7.83. The molecule has 1 saturated heterocycles. The van der Waals surface area contributed by atoms with Gasteiger partial charge in [0, 0.05) is 51.7 Å². The van der Waals surface area contributed by atoms with Gasteiger partial charge in [0.25, 0.3) is 0 Å². The van der Waals surface area contributed by atoms with E-state index in [1.165, 1.54) is 19.8 Å². The average molecular weight is 533 g/mol. The van der Waals surface area contributed by atoms with E-state index in [1.54, 1.807) is 30.4 Å².